The van der Waals surface area contributed by atoms with E-state index in [0.29, 0.717) is 6.61 Å². The largest absolute Gasteiger partial charge is 0.493 e. The molecule has 126 valence electrons. The maximum atomic E-state index is 12.0. The van der Waals surface area contributed by atoms with Crippen LogP contribution < -0.4 is 15.6 Å². The van der Waals surface area contributed by atoms with Crippen LogP contribution in [-0.4, -0.2) is 12.5 Å². The second-order valence-electron chi connectivity index (χ2n) is 6.67. The van der Waals surface area contributed by atoms with Gasteiger partial charge in [-0.3, -0.25) is 10.2 Å². The number of fused-ring (bicyclic) bond motifs is 1. The molecular formula is C20H24N2O2. The molecule has 1 saturated heterocycles. The third kappa shape index (κ3) is 2.96. The van der Waals surface area contributed by atoms with Crippen molar-refractivity contribution in [1.82, 2.24) is 10.9 Å². The lowest BCUT2D eigenvalue weighted by molar-refractivity contribution is -0.125. The van der Waals surface area contributed by atoms with Crippen molar-refractivity contribution in [3.63, 3.8) is 0 Å². The van der Waals surface area contributed by atoms with E-state index in [1.54, 1.807) is 0 Å². The summed E-state index contributed by atoms with van der Waals surface area (Å²) in [6.45, 7) is 6.69. The summed E-state index contributed by atoms with van der Waals surface area (Å²) in [5.41, 5.74) is 7.04. The second kappa shape index (κ2) is 6.56. The van der Waals surface area contributed by atoms with Crippen LogP contribution in [0, 0.1) is 5.41 Å². The smallest absolute Gasteiger partial charge is 0.249 e. The lowest BCUT2D eigenvalue weighted by Crippen LogP contribution is -2.28. The molecule has 1 aliphatic rings. The summed E-state index contributed by atoms with van der Waals surface area (Å²) in [7, 11) is 0. The minimum absolute atomic E-state index is 0.0200. The van der Waals surface area contributed by atoms with Gasteiger partial charge < -0.3 is 10.2 Å². The topological polar surface area (TPSA) is 50.4 Å². The summed E-state index contributed by atoms with van der Waals surface area (Å²) >= 11 is 0. The van der Waals surface area contributed by atoms with Gasteiger partial charge in [0, 0.05) is 11.1 Å². The molecule has 0 aliphatic carbocycles. The highest BCUT2D eigenvalue weighted by Gasteiger charge is 2.37. The van der Waals surface area contributed by atoms with E-state index in [1.807, 2.05) is 38.1 Å². The van der Waals surface area contributed by atoms with Gasteiger partial charge in [-0.05, 0) is 43.4 Å². The molecule has 2 aromatic carbocycles. The van der Waals surface area contributed by atoms with Gasteiger partial charge in [0.25, 0.3) is 0 Å². The molecule has 1 amide bonds. The number of hydrogen-bond donors (Lipinski definition) is 2. The molecule has 0 aromatic heterocycles. The Hall–Kier alpha value is -2.49. The van der Waals surface area contributed by atoms with Crippen molar-refractivity contribution in [2.24, 2.45) is 5.41 Å². The van der Waals surface area contributed by atoms with Gasteiger partial charge in [-0.2, -0.15) is 0 Å². The number of unbranched alkanes of at least 4 members (excludes halogenated alkanes) is 1. The van der Waals surface area contributed by atoms with Crippen molar-refractivity contribution in [2.45, 2.75) is 33.6 Å². The molecule has 0 saturated carbocycles. The number of hydrogen-bond acceptors (Lipinski definition) is 3. The standard InChI is InChI=1S/C20H24N2O2/c1-4-5-12-24-16-11-7-9-14-8-6-10-15(18(14)16)13-17-20(2,3)19(23)22-21-17/h6-11,13,21H,4-5,12H2,1-3H3,(H,22,23)/b17-13-. The quantitative estimate of drug-likeness (QED) is 0.817. The molecule has 2 aromatic rings. The zero-order valence-corrected chi connectivity index (χ0v) is 14.5. The molecule has 24 heavy (non-hydrogen) atoms. The predicted octanol–water partition coefficient (Wildman–Crippen LogP) is 4.02. The van der Waals surface area contributed by atoms with Crippen LogP contribution >= 0.6 is 0 Å². The van der Waals surface area contributed by atoms with E-state index in [0.717, 1.165) is 40.6 Å². The second-order valence-corrected chi connectivity index (χ2v) is 6.67. The first kappa shape index (κ1) is 16.4. The van der Waals surface area contributed by atoms with E-state index < -0.39 is 5.41 Å². The Balaban J connectivity index is 2.06. The number of benzene rings is 2. The van der Waals surface area contributed by atoms with Crippen molar-refractivity contribution in [3.05, 3.63) is 47.7 Å². The van der Waals surface area contributed by atoms with Crippen molar-refractivity contribution < 1.29 is 9.53 Å². The molecule has 2 N–H and O–H groups in total. The lowest BCUT2D eigenvalue weighted by Gasteiger charge is -2.16. The van der Waals surface area contributed by atoms with Crippen LogP contribution in [0.5, 0.6) is 5.75 Å². The number of amides is 1. The predicted molar refractivity (Wildman–Crippen MR) is 97.4 cm³/mol. The fourth-order valence-electron chi connectivity index (χ4n) is 2.83. The zero-order valence-electron chi connectivity index (χ0n) is 14.5. The molecule has 1 heterocycles. The highest BCUT2D eigenvalue weighted by atomic mass is 16.5. The van der Waals surface area contributed by atoms with Gasteiger partial charge in [0.2, 0.25) is 5.91 Å². The SMILES string of the molecule is CCCCOc1cccc2cccc(/C=C3\NNC(=O)C3(C)C)c12. The van der Waals surface area contributed by atoms with Gasteiger partial charge >= 0.3 is 0 Å². The molecule has 4 heteroatoms. The number of hydrazine groups is 1. The Kier molecular flexibility index (Phi) is 4.47. The zero-order chi connectivity index (χ0) is 17.2. The molecule has 3 rings (SSSR count). The van der Waals surface area contributed by atoms with E-state index in [1.165, 1.54) is 0 Å². The fraction of sp³-hybridized carbons (Fsp3) is 0.350. The minimum Gasteiger partial charge on any atom is -0.493 e. The van der Waals surface area contributed by atoms with E-state index >= 15 is 0 Å². The van der Waals surface area contributed by atoms with Crippen LogP contribution in [0.1, 0.15) is 39.2 Å². The van der Waals surface area contributed by atoms with Crippen LogP contribution in [0.3, 0.4) is 0 Å². The summed E-state index contributed by atoms with van der Waals surface area (Å²) in [5.74, 6) is 0.872. The van der Waals surface area contributed by atoms with Crippen LogP contribution in [0.2, 0.25) is 0 Å². The maximum absolute atomic E-state index is 12.0. The highest BCUT2D eigenvalue weighted by Crippen LogP contribution is 2.34. The molecule has 1 aliphatic heterocycles. The fourth-order valence-corrected chi connectivity index (χ4v) is 2.83. The molecular weight excluding hydrogens is 300 g/mol. The lowest BCUT2D eigenvalue weighted by atomic mass is 9.88. The monoisotopic (exact) mass is 324 g/mol. The molecule has 0 atom stereocenters. The first-order valence-electron chi connectivity index (χ1n) is 8.47. The minimum atomic E-state index is -0.569. The van der Waals surface area contributed by atoms with Gasteiger partial charge in [0.05, 0.1) is 12.0 Å². The molecule has 4 nitrogen and oxygen atoms in total. The molecule has 0 radical (unpaired) electrons. The Labute approximate surface area is 142 Å². The van der Waals surface area contributed by atoms with Crippen LogP contribution in [0.15, 0.2) is 42.1 Å². The Bertz CT molecular complexity index is 788. The Morgan fingerprint density at radius 3 is 2.54 bits per heavy atom. The number of rotatable bonds is 5. The molecule has 0 bridgehead atoms. The third-order valence-corrected chi connectivity index (χ3v) is 4.51. The summed E-state index contributed by atoms with van der Waals surface area (Å²) in [6.07, 6.45) is 4.17. The number of ether oxygens (including phenoxy) is 1. The van der Waals surface area contributed by atoms with Gasteiger partial charge in [-0.25, -0.2) is 0 Å². The van der Waals surface area contributed by atoms with Crippen molar-refractivity contribution in [1.29, 1.82) is 0 Å². The summed E-state index contributed by atoms with van der Waals surface area (Å²) in [4.78, 5) is 12.0. The Morgan fingerprint density at radius 1 is 1.12 bits per heavy atom. The average Bonchev–Trinajstić information content (AvgIpc) is 2.82. The summed E-state index contributed by atoms with van der Waals surface area (Å²) in [6, 6.07) is 12.3. The summed E-state index contributed by atoms with van der Waals surface area (Å²) in [5, 5.41) is 2.22. The van der Waals surface area contributed by atoms with E-state index in [2.05, 4.69) is 36.0 Å². The normalized spacial score (nSPS) is 17.8. The van der Waals surface area contributed by atoms with Gasteiger partial charge in [-0.1, -0.05) is 43.7 Å². The van der Waals surface area contributed by atoms with Crippen molar-refractivity contribution >= 4 is 22.8 Å². The van der Waals surface area contributed by atoms with Gasteiger partial charge in [0.15, 0.2) is 0 Å². The van der Waals surface area contributed by atoms with E-state index in [-0.39, 0.29) is 5.91 Å². The molecule has 0 unspecified atom stereocenters. The van der Waals surface area contributed by atoms with Crippen LogP contribution in [0.25, 0.3) is 16.8 Å². The first-order valence-corrected chi connectivity index (χ1v) is 8.47. The number of nitrogens with one attached hydrogen (secondary N) is 2. The van der Waals surface area contributed by atoms with Crippen molar-refractivity contribution in [2.75, 3.05) is 6.61 Å². The third-order valence-electron chi connectivity index (χ3n) is 4.51. The summed E-state index contributed by atoms with van der Waals surface area (Å²) < 4.78 is 6.01. The van der Waals surface area contributed by atoms with Gasteiger partial charge in [-0.15, -0.1) is 0 Å². The van der Waals surface area contributed by atoms with Crippen LogP contribution in [-0.2, 0) is 4.79 Å². The molecule has 1 fully saturated rings. The average molecular weight is 324 g/mol. The number of carbonyl (C=O) groups excluding carboxylic acids is 1. The van der Waals surface area contributed by atoms with E-state index in [9.17, 15) is 4.79 Å². The Morgan fingerprint density at radius 2 is 1.88 bits per heavy atom. The maximum Gasteiger partial charge on any atom is 0.249 e. The first-order chi connectivity index (χ1) is 11.5. The number of carbonyl (C=O) groups is 1. The highest BCUT2D eigenvalue weighted by molar-refractivity contribution is 5.97. The van der Waals surface area contributed by atoms with Crippen LogP contribution in [0.4, 0.5) is 0 Å². The molecule has 0 spiro atoms. The van der Waals surface area contributed by atoms with E-state index in [4.69, 9.17) is 4.74 Å². The van der Waals surface area contributed by atoms with Crippen molar-refractivity contribution in [3.8, 4) is 5.75 Å². The van der Waals surface area contributed by atoms with Gasteiger partial charge in [0.1, 0.15) is 5.75 Å².